The van der Waals surface area contributed by atoms with E-state index in [4.69, 9.17) is 4.98 Å². The molecular weight excluding hydrogens is 356 g/mol. The molecule has 3 aromatic rings. The molecule has 0 radical (unpaired) electrons. The molecule has 1 atom stereocenters. The predicted molar refractivity (Wildman–Crippen MR) is 110 cm³/mol. The molecule has 1 saturated carbocycles. The molecule has 0 spiro atoms. The number of carbonyl (C=O) groups is 1. The highest BCUT2D eigenvalue weighted by Crippen LogP contribution is 2.32. The largest absolute Gasteiger partial charge is 0.298 e. The Balaban J connectivity index is 1.94. The van der Waals surface area contributed by atoms with Crippen LogP contribution < -0.4 is 5.56 Å². The second kappa shape index (κ2) is 7.31. The molecule has 1 heterocycles. The predicted octanol–water partition coefficient (Wildman–Crippen LogP) is 4.61. The van der Waals surface area contributed by atoms with Crippen LogP contribution in [0.25, 0.3) is 16.6 Å². The lowest BCUT2D eigenvalue weighted by Crippen LogP contribution is -2.26. The van der Waals surface area contributed by atoms with Crippen LogP contribution in [0.4, 0.5) is 0 Å². The van der Waals surface area contributed by atoms with Gasteiger partial charge in [0.05, 0.1) is 21.8 Å². The maximum absolute atomic E-state index is 13.4. The van der Waals surface area contributed by atoms with Crippen LogP contribution in [0.1, 0.15) is 36.8 Å². The summed E-state index contributed by atoms with van der Waals surface area (Å²) in [6, 6.07) is 13.4. The summed E-state index contributed by atoms with van der Waals surface area (Å²) in [7, 11) is 0. The lowest BCUT2D eigenvalue weighted by atomic mass is 9.99. The summed E-state index contributed by atoms with van der Waals surface area (Å²) in [5.74, 6) is 0.265. The number of rotatable bonds is 3. The second-order valence-electron chi connectivity index (χ2n) is 7.09. The standard InChI is InChI=1S/C22H22N2O2S/c1-14-8-7-11-18(15(14)2)24-21(26)16-9-3-4-10-17(16)23-22(24)27-20-13-6-5-12-19(20)25/h3-4,7-11,20H,5-6,12-13H2,1-2H3. The van der Waals surface area contributed by atoms with Crippen LogP contribution in [-0.2, 0) is 4.79 Å². The van der Waals surface area contributed by atoms with Gasteiger partial charge in [-0.3, -0.25) is 14.2 Å². The minimum atomic E-state index is -0.122. The highest BCUT2D eigenvalue weighted by Gasteiger charge is 2.26. The minimum absolute atomic E-state index is 0.0833. The van der Waals surface area contributed by atoms with Gasteiger partial charge in [0.2, 0.25) is 0 Å². The van der Waals surface area contributed by atoms with Gasteiger partial charge in [0.15, 0.2) is 5.16 Å². The van der Waals surface area contributed by atoms with Crippen LogP contribution in [0, 0.1) is 13.8 Å². The molecule has 1 aromatic heterocycles. The number of Topliss-reactive ketones (excluding diaryl/α,β-unsaturated/α-hetero) is 1. The average Bonchev–Trinajstić information content (AvgIpc) is 2.67. The highest BCUT2D eigenvalue weighted by molar-refractivity contribution is 8.00. The van der Waals surface area contributed by atoms with Crippen molar-refractivity contribution < 1.29 is 4.79 Å². The Hall–Kier alpha value is -2.40. The topological polar surface area (TPSA) is 52.0 Å². The molecule has 1 aliphatic rings. The highest BCUT2D eigenvalue weighted by atomic mass is 32.2. The van der Waals surface area contributed by atoms with Crippen molar-refractivity contribution in [3.8, 4) is 5.69 Å². The number of hydrogen-bond donors (Lipinski definition) is 0. The van der Waals surface area contributed by atoms with Crippen molar-refractivity contribution in [2.45, 2.75) is 49.9 Å². The molecule has 0 bridgehead atoms. The first-order valence-electron chi connectivity index (χ1n) is 9.34. The first kappa shape index (κ1) is 18.0. The number of aromatic nitrogens is 2. The zero-order valence-electron chi connectivity index (χ0n) is 15.6. The van der Waals surface area contributed by atoms with E-state index in [9.17, 15) is 9.59 Å². The van der Waals surface area contributed by atoms with Crippen LogP contribution in [-0.4, -0.2) is 20.6 Å². The van der Waals surface area contributed by atoms with Gasteiger partial charge in [0, 0.05) is 6.42 Å². The smallest absolute Gasteiger partial charge is 0.266 e. The number of nitrogens with zero attached hydrogens (tertiary/aromatic N) is 2. The molecule has 0 N–H and O–H groups in total. The Morgan fingerprint density at radius 1 is 1.04 bits per heavy atom. The van der Waals surface area contributed by atoms with Gasteiger partial charge < -0.3 is 0 Å². The van der Waals surface area contributed by atoms with Crippen LogP contribution in [0.3, 0.4) is 0 Å². The molecule has 1 unspecified atom stereocenters. The van der Waals surface area contributed by atoms with Crippen molar-refractivity contribution in [2.24, 2.45) is 0 Å². The molecule has 138 valence electrons. The first-order valence-corrected chi connectivity index (χ1v) is 10.2. The lowest BCUT2D eigenvalue weighted by Gasteiger charge is -2.22. The molecule has 0 aliphatic heterocycles. The number of fused-ring (bicyclic) bond motifs is 1. The van der Waals surface area contributed by atoms with E-state index in [1.165, 1.54) is 11.8 Å². The van der Waals surface area contributed by atoms with E-state index < -0.39 is 0 Å². The maximum Gasteiger partial charge on any atom is 0.266 e. The number of carbonyl (C=O) groups excluding carboxylic acids is 1. The summed E-state index contributed by atoms with van der Waals surface area (Å²) in [5.41, 5.74) is 3.60. The van der Waals surface area contributed by atoms with E-state index in [0.29, 0.717) is 22.5 Å². The van der Waals surface area contributed by atoms with Crippen molar-refractivity contribution in [3.63, 3.8) is 0 Å². The van der Waals surface area contributed by atoms with Gasteiger partial charge in [0.1, 0.15) is 5.78 Å². The minimum Gasteiger partial charge on any atom is -0.298 e. The summed E-state index contributed by atoms with van der Waals surface area (Å²) in [6.45, 7) is 4.06. The maximum atomic E-state index is 13.4. The van der Waals surface area contributed by atoms with Crippen molar-refractivity contribution >= 4 is 28.4 Å². The molecule has 27 heavy (non-hydrogen) atoms. The van der Waals surface area contributed by atoms with E-state index in [-0.39, 0.29) is 16.6 Å². The third-order valence-electron chi connectivity index (χ3n) is 5.31. The zero-order chi connectivity index (χ0) is 19.0. The Morgan fingerprint density at radius 3 is 2.67 bits per heavy atom. The van der Waals surface area contributed by atoms with Crippen LogP contribution in [0.2, 0.25) is 0 Å². The van der Waals surface area contributed by atoms with Gasteiger partial charge in [-0.25, -0.2) is 4.98 Å². The number of para-hydroxylation sites is 1. The van der Waals surface area contributed by atoms with E-state index in [2.05, 4.69) is 0 Å². The van der Waals surface area contributed by atoms with E-state index in [0.717, 1.165) is 36.1 Å². The van der Waals surface area contributed by atoms with E-state index in [1.54, 1.807) is 4.57 Å². The van der Waals surface area contributed by atoms with Gasteiger partial charge in [-0.05, 0) is 56.0 Å². The molecule has 1 fully saturated rings. The van der Waals surface area contributed by atoms with E-state index in [1.807, 2.05) is 56.3 Å². The summed E-state index contributed by atoms with van der Waals surface area (Å²) < 4.78 is 1.69. The summed E-state index contributed by atoms with van der Waals surface area (Å²) in [4.78, 5) is 30.5. The Morgan fingerprint density at radius 2 is 1.85 bits per heavy atom. The number of ketones is 1. The number of aryl methyl sites for hydroxylation is 1. The third kappa shape index (κ3) is 3.32. The average molecular weight is 378 g/mol. The van der Waals surface area contributed by atoms with Crippen LogP contribution in [0.5, 0.6) is 0 Å². The third-order valence-corrected chi connectivity index (χ3v) is 6.58. The Kier molecular flexibility index (Phi) is 4.87. The van der Waals surface area contributed by atoms with Gasteiger partial charge in [-0.1, -0.05) is 42.4 Å². The summed E-state index contributed by atoms with van der Waals surface area (Å²) >= 11 is 1.44. The van der Waals surface area contributed by atoms with E-state index >= 15 is 0 Å². The molecule has 0 saturated heterocycles. The number of thioether (sulfide) groups is 1. The summed E-state index contributed by atoms with van der Waals surface area (Å²) in [6.07, 6.45) is 3.48. The van der Waals surface area contributed by atoms with Crippen molar-refractivity contribution in [1.29, 1.82) is 0 Å². The molecule has 1 aliphatic carbocycles. The summed E-state index contributed by atoms with van der Waals surface area (Å²) in [5, 5.41) is 1.08. The van der Waals surface area contributed by atoms with Gasteiger partial charge in [-0.15, -0.1) is 0 Å². The zero-order valence-corrected chi connectivity index (χ0v) is 16.4. The van der Waals surface area contributed by atoms with Crippen LogP contribution >= 0.6 is 11.8 Å². The fraction of sp³-hybridized carbons (Fsp3) is 0.318. The lowest BCUT2D eigenvalue weighted by molar-refractivity contribution is -0.119. The van der Waals surface area contributed by atoms with Crippen molar-refractivity contribution in [2.75, 3.05) is 0 Å². The van der Waals surface area contributed by atoms with Gasteiger partial charge >= 0.3 is 0 Å². The Labute approximate surface area is 162 Å². The molecule has 4 nitrogen and oxygen atoms in total. The monoisotopic (exact) mass is 378 g/mol. The van der Waals surface area contributed by atoms with Crippen molar-refractivity contribution in [3.05, 3.63) is 63.9 Å². The molecular formula is C22H22N2O2S. The normalized spacial score (nSPS) is 17.4. The van der Waals surface area contributed by atoms with Crippen LogP contribution in [0.15, 0.2) is 52.4 Å². The van der Waals surface area contributed by atoms with Gasteiger partial charge in [0.25, 0.3) is 5.56 Å². The second-order valence-corrected chi connectivity index (χ2v) is 8.26. The fourth-order valence-corrected chi connectivity index (χ4v) is 4.81. The Bertz CT molecular complexity index is 1090. The molecule has 4 rings (SSSR count). The molecule has 5 heteroatoms. The molecule has 2 aromatic carbocycles. The van der Waals surface area contributed by atoms with Gasteiger partial charge in [-0.2, -0.15) is 0 Å². The quantitative estimate of drug-likeness (QED) is 0.625. The van der Waals surface area contributed by atoms with Crippen molar-refractivity contribution in [1.82, 2.24) is 9.55 Å². The number of benzene rings is 2. The molecule has 0 amide bonds. The number of hydrogen-bond acceptors (Lipinski definition) is 4. The first-order chi connectivity index (χ1) is 13.1. The fourth-order valence-electron chi connectivity index (χ4n) is 3.58. The SMILES string of the molecule is Cc1cccc(-n2c(SC3CCCCC3=O)nc3ccccc3c2=O)c1C.